The van der Waals surface area contributed by atoms with Gasteiger partial charge in [-0.25, -0.2) is 13.9 Å². The Morgan fingerprint density at radius 2 is 1.28 bits per heavy atom. The van der Waals surface area contributed by atoms with Crippen molar-refractivity contribution in [3.63, 3.8) is 0 Å². The molecule has 23 heteroatoms. The van der Waals surface area contributed by atoms with Crippen molar-refractivity contribution in [1.29, 1.82) is 0 Å². The summed E-state index contributed by atoms with van der Waals surface area (Å²) in [6.07, 6.45) is 25.3. The summed E-state index contributed by atoms with van der Waals surface area (Å²) in [5.41, 5.74) is 4.56. The molecule has 0 amide bonds. The van der Waals surface area contributed by atoms with Gasteiger partial charge in [-0.1, -0.05) is 185 Å². The summed E-state index contributed by atoms with van der Waals surface area (Å²) in [4.78, 5) is 62.1. The Bertz CT molecular complexity index is 2040. The van der Waals surface area contributed by atoms with E-state index in [1.54, 1.807) is 36.5 Å². The number of carbonyl (C=O) groups excluding carboxylic acids is 2. The summed E-state index contributed by atoms with van der Waals surface area (Å²) in [6, 6.07) is 1.23. The van der Waals surface area contributed by atoms with Gasteiger partial charge in [-0.2, -0.15) is 9.29 Å². The van der Waals surface area contributed by atoms with Crippen molar-refractivity contribution in [2.75, 3.05) is 25.6 Å². The summed E-state index contributed by atoms with van der Waals surface area (Å²) in [6.45, 7) is 4.08. The van der Waals surface area contributed by atoms with Crippen LogP contribution in [0.4, 0.5) is 5.82 Å². The monoisotopic (exact) mass is 1120 g/mol. The van der Waals surface area contributed by atoms with Crippen LogP contribution >= 0.6 is 15.6 Å². The molecule has 1 aromatic rings. The van der Waals surface area contributed by atoms with E-state index in [0.29, 0.717) is 12.8 Å². The molecule has 1 aliphatic rings. The average molecular weight is 1120 g/mol. The third-order valence-corrected chi connectivity index (χ3v) is 15.4. The van der Waals surface area contributed by atoms with Gasteiger partial charge in [0.2, 0.25) is 0 Å². The second-order valence-corrected chi connectivity index (χ2v) is 22.6. The van der Waals surface area contributed by atoms with Gasteiger partial charge in [0.1, 0.15) is 30.7 Å². The number of aromatic nitrogens is 2. The Hall–Kier alpha value is -3.40. The quantitative estimate of drug-likeness (QED) is 0.0131. The molecule has 0 spiro atoms. The Kier molecular flexibility index (Phi) is 36.1. The van der Waals surface area contributed by atoms with Gasteiger partial charge in [-0.3, -0.25) is 23.2 Å². The SMILES string of the molecule is CCCCC[C@H](O)/C=C/C=C\C=C\C=C\[C@H](O)[C@@H](O)CCCC(=O)O[C@H](COC(=O)CCCCCCCCCCCCCCCCC(C)CC)COP(=O)(O)OP(=O)(O)OC[C@H]1O[C@@H](n2ccc(N)nc2=O)[C@H](O)[C@@H]1O. The topological polar surface area (TPSA) is 326 Å². The van der Waals surface area contributed by atoms with Crippen molar-refractivity contribution in [3.8, 4) is 0 Å². The van der Waals surface area contributed by atoms with Gasteiger partial charge in [-0.15, -0.1) is 0 Å². The molecule has 9 N–H and O–H groups in total. The molecule has 0 radical (unpaired) electrons. The number of aliphatic hydroxyl groups excluding tert-OH is 5. The Labute approximate surface area is 449 Å². The molecule has 21 nitrogen and oxygen atoms in total. The number of anilines is 1. The number of phosphoric acid groups is 2. The number of nitrogen functional groups attached to an aromatic ring is 1. The number of hydrogen-bond donors (Lipinski definition) is 8. The minimum Gasteiger partial charge on any atom is -0.462 e. The van der Waals surface area contributed by atoms with Gasteiger partial charge in [0.15, 0.2) is 12.3 Å². The molecule has 2 heterocycles. The molecule has 1 aromatic heterocycles. The lowest BCUT2D eigenvalue weighted by atomic mass is 9.99. The third-order valence-electron chi connectivity index (χ3n) is 12.8. The van der Waals surface area contributed by atoms with E-state index in [1.807, 2.05) is 0 Å². The second-order valence-electron chi connectivity index (χ2n) is 19.5. The van der Waals surface area contributed by atoms with Crippen LogP contribution in [0.3, 0.4) is 0 Å². The molecule has 3 unspecified atom stereocenters. The van der Waals surface area contributed by atoms with E-state index in [9.17, 15) is 58.8 Å². The fourth-order valence-corrected chi connectivity index (χ4v) is 10.1. The number of carbonyl (C=O) groups is 2. The predicted octanol–water partition coefficient (Wildman–Crippen LogP) is 8.50. The number of nitrogens with zero attached hydrogens (tertiary/aromatic N) is 2. The zero-order valence-electron chi connectivity index (χ0n) is 45.0. The summed E-state index contributed by atoms with van der Waals surface area (Å²) in [7, 11) is -11.0. The fraction of sp³-hybridized carbons (Fsp3) is 0.736. The van der Waals surface area contributed by atoms with Gasteiger partial charge in [0.25, 0.3) is 0 Å². The molecule has 1 aliphatic heterocycles. The number of unbranched alkanes of at least 4 members (excludes halogenated alkanes) is 15. The van der Waals surface area contributed by atoms with Gasteiger partial charge in [0, 0.05) is 19.0 Å². The molecule has 0 aromatic carbocycles. The van der Waals surface area contributed by atoms with Crippen LogP contribution in [0, 0.1) is 5.92 Å². The van der Waals surface area contributed by atoms with Gasteiger partial charge >= 0.3 is 33.3 Å². The summed E-state index contributed by atoms with van der Waals surface area (Å²) in [5, 5.41) is 51.7. The zero-order valence-corrected chi connectivity index (χ0v) is 46.8. The lowest BCUT2D eigenvalue weighted by molar-refractivity contribution is -0.161. The molecule has 0 saturated carbocycles. The van der Waals surface area contributed by atoms with Crippen molar-refractivity contribution in [2.24, 2.45) is 5.92 Å². The molecule has 1 saturated heterocycles. The van der Waals surface area contributed by atoms with E-state index >= 15 is 0 Å². The number of allylic oxidation sites excluding steroid dienone is 6. The minimum absolute atomic E-state index is 0.0315. The van der Waals surface area contributed by atoms with Crippen LogP contribution in [0.2, 0.25) is 0 Å². The Morgan fingerprint density at radius 1 is 0.724 bits per heavy atom. The lowest BCUT2D eigenvalue weighted by Crippen LogP contribution is -2.36. The maximum Gasteiger partial charge on any atom is 0.481 e. The molecule has 2 rings (SSSR count). The molecule has 1 fully saturated rings. The van der Waals surface area contributed by atoms with E-state index in [2.05, 4.69) is 30.1 Å². The number of hydrogen-bond acceptors (Lipinski definition) is 18. The van der Waals surface area contributed by atoms with Crippen LogP contribution in [0.1, 0.15) is 181 Å². The third kappa shape index (κ3) is 31.9. The molecule has 436 valence electrons. The zero-order chi connectivity index (χ0) is 56.2. The van der Waals surface area contributed by atoms with E-state index in [1.165, 1.54) is 88.8 Å². The van der Waals surface area contributed by atoms with E-state index in [-0.39, 0.29) is 31.5 Å². The maximum absolute atomic E-state index is 12.9. The first-order chi connectivity index (χ1) is 36.3. The number of phosphoric ester groups is 2. The van der Waals surface area contributed by atoms with Crippen molar-refractivity contribution in [1.82, 2.24) is 9.55 Å². The van der Waals surface area contributed by atoms with Crippen LogP contribution in [0.5, 0.6) is 0 Å². The first kappa shape index (κ1) is 68.7. The number of aliphatic hydroxyl groups is 5. The standard InChI is InChI=1S/C53H91N3O18P2/c1-4-6-23-30-42(57)31-25-20-17-18-21-26-32-44(58)45(59)33-28-35-49(61)72-43(38-69-48(60)34-27-22-16-14-12-10-8-7-9-11-13-15-19-24-29-41(3)5-2)39-70-75(65,66)74-76(67,68)71-40-46-50(62)51(63)52(73-46)56-37-36-47(54)55-53(56)64/h17-18,20-21,25-26,31-32,36-37,41-46,50-52,57-59,62-63H,4-16,19,22-24,27-30,33-35,38-40H2,1-3H3,(H,65,66)(H,67,68)(H2,54,55,64)/b20-17-,21-18+,31-25+,32-26+/t41?,42-,43+,44-,45-,46+,50+,51+,52+/m0/s1. The molecule has 11 atom stereocenters. The molecular formula is C53H91N3O18P2. The number of nitrogens with two attached hydrogens (primary N) is 1. The van der Waals surface area contributed by atoms with E-state index < -0.39 is 102 Å². The molecule has 0 aliphatic carbocycles. The first-order valence-corrected chi connectivity index (χ1v) is 30.4. The van der Waals surface area contributed by atoms with E-state index in [0.717, 1.165) is 61.6 Å². The maximum atomic E-state index is 12.9. The highest BCUT2D eigenvalue weighted by atomic mass is 31.3. The smallest absolute Gasteiger partial charge is 0.462 e. The average Bonchev–Trinajstić information content (AvgIpc) is 3.65. The van der Waals surface area contributed by atoms with Crippen LogP contribution < -0.4 is 11.4 Å². The van der Waals surface area contributed by atoms with Crippen molar-refractivity contribution in [2.45, 2.75) is 224 Å². The van der Waals surface area contributed by atoms with E-state index in [4.69, 9.17) is 29.0 Å². The fourth-order valence-electron chi connectivity index (χ4n) is 8.03. The predicted molar refractivity (Wildman–Crippen MR) is 288 cm³/mol. The number of esters is 2. The van der Waals surface area contributed by atoms with Crippen molar-refractivity contribution < 1.29 is 81.6 Å². The van der Waals surface area contributed by atoms with Crippen LogP contribution in [0.15, 0.2) is 65.7 Å². The van der Waals surface area contributed by atoms with Crippen molar-refractivity contribution in [3.05, 3.63) is 71.4 Å². The van der Waals surface area contributed by atoms with Crippen LogP contribution in [-0.4, -0.2) is 119 Å². The van der Waals surface area contributed by atoms with Gasteiger partial charge in [-0.05, 0) is 37.7 Å². The lowest BCUT2D eigenvalue weighted by Gasteiger charge is -2.21. The van der Waals surface area contributed by atoms with Crippen LogP contribution in [0.25, 0.3) is 0 Å². The second kappa shape index (κ2) is 39.9. The highest BCUT2D eigenvalue weighted by Gasteiger charge is 2.46. The number of rotatable bonds is 44. The summed E-state index contributed by atoms with van der Waals surface area (Å²) in [5.74, 6) is -0.811. The summed E-state index contributed by atoms with van der Waals surface area (Å²) >= 11 is 0. The highest BCUT2D eigenvalue weighted by Crippen LogP contribution is 2.60. The molecule has 76 heavy (non-hydrogen) atoms. The van der Waals surface area contributed by atoms with Gasteiger partial charge < -0.3 is 55.3 Å². The van der Waals surface area contributed by atoms with Crippen LogP contribution in [-0.2, 0) is 46.3 Å². The normalized spacial score (nSPS) is 20.8. The highest BCUT2D eigenvalue weighted by molar-refractivity contribution is 7.61. The first-order valence-electron chi connectivity index (χ1n) is 27.4. The molecule has 0 bridgehead atoms. The Morgan fingerprint density at radius 3 is 1.88 bits per heavy atom. The largest absolute Gasteiger partial charge is 0.481 e. The van der Waals surface area contributed by atoms with Gasteiger partial charge in [0.05, 0.1) is 31.5 Å². The number of ether oxygens (including phenoxy) is 3. The minimum atomic E-state index is -5.52. The van der Waals surface area contributed by atoms with Crippen molar-refractivity contribution >= 4 is 33.4 Å². The molecular weight excluding hydrogens is 1030 g/mol. The summed E-state index contributed by atoms with van der Waals surface area (Å²) < 4.78 is 56.6. The Balaban J connectivity index is 1.86.